The first kappa shape index (κ1) is 9.99. The lowest BCUT2D eigenvalue weighted by molar-refractivity contribution is 0.103. The molecule has 1 heterocycles. The molecule has 3 heteroatoms. The third-order valence-electron chi connectivity index (χ3n) is 2.28. The van der Waals surface area contributed by atoms with E-state index in [9.17, 15) is 4.79 Å². The molecule has 76 valence electrons. The Labute approximate surface area is 92.9 Å². The molecule has 0 aliphatic heterocycles. The average molecular weight is 220 g/mol. The number of aromatic nitrogens is 1. The Hall–Kier alpha value is -1.54. The standard InChI is InChI=1S/C12H10ClNO/c1-8-6-9(2-3-11(8)13)12(15)10-4-5-14-7-10/h2-7,14H,1H3. The zero-order chi connectivity index (χ0) is 10.8. The third-order valence-corrected chi connectivity index (χ3v) is 2.70. The van der Waals surface area contributed by atoms with Gasteiger partial charge in [0.2, 0.25) is 0 Å². The van der Waals surface area contributed by atoms with Crippen LogP contribution in [0.4, 0.5) is 0 Å². The Bertz CT molecular complexity index is 488. The molecule has 0 fully saturated rings. The number of benzene rings is 1. The van der Waals surface area contributed by atoms with Crippen molar-refractivity contribution >= 4 is 17.4 Å². The van der Waals surface area contributed by atoms with E-state index in [0.717, 1.165) is 5.56 Å². The molecule has 2 aromatic rings. The van der Waals surface area contributed by atoms with Gasteiger partial charge in [0.05, 0.1) is 0 Å². The van der Waals surface area contributed by atoms with E-state index in [1.54, 1.807) is 36.7 Å². The summed E-state index contributed by atoms with van der Waals surface area (Å²) in [5.41, 5.74) is 2.24. The Morgan fingerprint density at radius 2 is 2.07 bits per heavy atom. The van der Waals surface area contributed by atoms with E-state index >= 15 is 0 Å². The van der Waals surface area contributed by atoms with Crippen molar-refractivity contribution in [2.24, 2.45) is 0 Å². The molecule has 1 aromatic heterocycles. The lowest BCUT2D eigenvalue weighted by Gasteiger charge is -2.01. The van der Waals surface area contributed by atoms with Gasteiger partial charge in [0.1, 0.15) is 0 Å². The molecule has 0 saturated heterocycles. The molecule has 0 spiro atoms. The second kappa shape index (κ2) is 3.91. The van der Waals surface area contributed by atoms with Gasteiger partial charge in [-0.2, -0.15) is 0 Å². The average Bonchev–Trinajstić information content (AvgIpc) is 2.74. The Morgan fingerprint density at radius 1 is 1.27 bits per heavy atom. The van der Waals surface area contributed by atoms with E-state index in [2.05, 4.69) is 4.98 Å². The van der Waals surface area contributed by atoms with Crippen molar-refractivity contribution in [3.8, 4) is 0 Å². The van der Waals surface area contributed by atoms with Gasteiger partial charge >= 0.3 is 0 Å². The Kier molecular flexibility index (Phi) is 2.60. The summed E-state index contributed by atoms with van der Waals surface area (Å²) in [6.45, 7) is 1.89. The number of nitrogens with one attached hydrogen (secondary N) is 1. The molecule has 15 heavy (non-hydrogen) atoms. The fourth-order valence-corrected chi connectivity index (χ4v) is 1.54. The van der Waals surface area contributed by atoms with Gasteiger partial charge < -0.3 is 4.98 Å². The fourth-order valence-electron chi connectivity index (χ4n) is 1.42. The van der Waals surface area contributed by atoms with Crippen molar-refractivity contribution in [3.05, 3.63) is 58.4 Å². The quantitative estimate of drug-likeness (QED) is 0.773. The number of aromatic amines is 1. The number of rotatable bonds is 2. The molecule has 0 aliphatic carbocycles. The number of halogens is 1. The first-order valence-corrected chi connectivity index (χ1v) is 5.00. The summed E-state index contributed by atoms with van der Waals surface area (Å²) in [5, 5.41) is 0.681. The molecule has 0 aliphatic rings. The number of H-pyrrole nitrogens is 1. The van der Waals surface area contributed by atoms with E-state index in [1.807, 2.05) is 6.92 Å². The highest BCUT2D eigenvalue weighted by Crippen LogP contribution is 2.18. The molecular weight excluding hydrogens is 210 g/mol. The fraction of sp³-hybridized carbons (Fsp3) is 0.0833. The van der Waals surface area contributed by atoms with E-state index in [-0.39, 0.29) is 5.78 Å². The number of carbonyl (C=O) groups is 1. The van der Waals surface area contributed by atoms with Crippen molar-refractivity contribution in [1.29, 1.82) is 0 Å². The van der Waals surface area contributed by atoms with Crippen LogP contribution in [-0.2, 0) is 0 Å². The summed E-state index contributed by atoms with van der Waals surface area (Å²) < 4.78 is 0. The van der Waals surface area contributed by atoms with Crippen molar-refractivity contribution in [1.82, 2.24) is 4.98 Å². The van der Waals surface area contributed by atoms with Crippen molar-refractivity contribution in [2.75, 3.05) is 0 Å². The van der Waals surface area contributed by atoms with Crippen LogP contribution < -0.4 is 0 Å². The van der Waals surface area contributed by atoms with Gasteiger partial charge in [-0.25, -0.2) is 0 Å². The highest BCUT2D eigenvalue weighted by Gasteiger charge is 2.09. The van der Waals surface area contributed by atoms with Crippen LogP contribution in [0.15, 0.2) is 36.7 Å². The molecule has 0 saturated carbocycles. The van der Waals surface area contributed by atoms with E-state index in [4.69, 9.17) is 11.6 Å². The lowest BCUT2D eigenvalue weighted by atomic mass is 10.0. The van der Waals surface area contributed by atoms with Crippen molar-refractivity contribution < 1.29 is 4.79 Å². The summed E-state index contributed by atoms with van der Waals surface area (Å²) in [6.07, 6.45) is 3.42. The van der Waals surface area contributed by atoms with Crippen LogP contribution in [0.2, 0.25) is 5.02 Å². The molecule has 0 amide bonds. The van der Waals surface area contributed by atoms with Crippen LogP contribution in [0.5, 0.6) is 0 Å². The maximum Gasteiger partial charge on any atom is 0.194 e. The number of hydrogen-bond acceptors (Lipinski definition) is 1. The maximum atomic E-state index is 11.9. The van der Waals surface area contributed by atoms with Crippen LogP contribution in [0.25, 0.3) is 0 Å². The van der Waals surface area contributed by atoms with Gasteiger partial charge in [0.15, 0.2) is 5.78 Å². The van der Waals surface area contributed by atoms with E-state index in [1.165, 1.54) is 0 Å². The number of carbonyl (C=O) groups excluding carboxylic acids is 1. The number of ketones is 1. The second-order valence-electron chi connectivity index (χ2n) is 3.39. The third kappa shape index (κ3) is 1.95. The lowest BCUT2D eigenvalue weighted by Crippen LogP contribution is -1.99. The van der Waals surface area contributed by atoms with Gasteiger partial charge in [-0.05, 0) is 36.8 Å². The van der Waals surface area contributed by atoms with Gasteiger partial charge in [0, 0.05) is 28.5 Å². The number of aryl methyl sites for hydroxylation is 1. The van der Waals surface area contributed by atoms with Gasteiger partial charge in [-0.1, -0.05) is 11.6 Å². The molecule has 0 bridgehead atoms. The first-order chi connectivity index (χ1) is 7.18. The topological polar surface area (TPSA) is 32.9 Å². The second-order valence-corrected chi connectivity index (χ2v) is 3.80. The smallest absolute Gasteiger partial charge is 0.194 e. The van der Waals surface area contributed by atoms with Crippen molar-refractivity contribution in [2.45, 2.75) is 6.92 Å². The van der Waals surface area contributed by atoms with Gasteiger partial charge in [0.25, 0.3) is 0 Å². The zero-order valence-electron chi connectivity index (χ0n) is 8.25. The first-order valence-electron chi connectivity index (χ1n) is 4.62. The van der Waals surface area contributed by atoms with E-state index in [0.29, 0.717) is 16.1 Å². The van der Waals surface area contributed by atoms with Gasteiger partial charge in [-0.15, -0.1) is 0 Å². The van der Waals surface area contributed by atoms with Crippen LogP contribution >= 0.6 is 11.6 Å². The summed E-state index contributed by atoms with van der Waals surface area (Å²) in [7, 11) is 0. The van der Waals surface area contributed by atoms with Crippen LogP contribution in [0.3, 0.4) is 0 Å². The van der Waals surface area contributed by atoms with E-state index < -0.39 is 0 Å². The largest absolute Gasteiger partial charge is 0.367 e. The predicted molar refractivity (Wildman–Crippen MR) is 60.4 cm³/mol. The molecule has 1 N–H and O–H groups in total. The minimum atomic E-state index is 0.0102. The number of hydrogen-bond donors (Lipinski definition) is 1. The Morgan fingerprint density at radius 3 is 2.67 bits per heavy atom. The Balaban J connectivity index is 2.39. The molecule has 0 radical (unpaired) electrons. The van der Waals surface area contributed by atoms with Gasteiger partial charge in [-0.3, -0.25) is 4.79 Å². The van der Waals surface area contributed by atoms with Crippen LogP contribution in [0, 0.1) is 6.92 Å². The van der Waals surface area contributed by atoms with Crippen molar-refractivity contribution in [3.63, 3.8) is 0 Å². The minimum Gasteiger partial charge on any atom is -0.367 e. The molecule has 0 unspecified atom stereocenters. The monoisotopic (exact) mass is 219 g/mol. The summed E-state index contributed by atoms with van der Waals surface area (Å²) in [5.74, 6) is 0.0102. The van der Waals surface area contributed by atoms with Crippen LogP contribution in [-0.4, -0.2) is 10.8 Å². The highest BCUT2D eigenvalue weighted by molar-refractivity contribution is 6.31. The minimum absolute atomic E-state index is 0.0102. The predicted octanol–water partition coefficient (Wildman–Crippen LogP) is 3.21. The molecular formula is C12H10ClNO. The molecule has 2 nitrogen and oxygen atoms in total. The zero-order valence-corrected chi connectivity index (χ0v) is 9.01. The maximum absolute atomic E-state index is 11.9. The SMILES string of the molecule is Cc1cc(C(=O)c2cc[nH]c2)ccc1Cl. The highest BCUT2D eigenvalue weighted by atomic mass is 35.5. The normalized spacial score (nSPS) is 10.3. The molecule has 2 rings (SSSR count). The van der Waals surface area contributed by atoms with Crippen LogP contribution in [0.1, 0.15) is 21.5 Å². The summed E-state index contributed by atoms with van der Waals surface area (Å²) in [4.78, 5) is 14.8. The molecule has 0 atom stereocenters. The molecule has 1 aromatic carbocycles. The summed E-state index contributed by atoms with van der Waals surface area (Å²) in [6, 6.07) is 7.05. The summed E-state index contributed by atoms with van der Waals surface area (Å²) >= 11 is 5.89.